The number of ether oxygens (including phenoxy) is 1. The Morgan fingerprint density at radius 2 is 2.09 bits per heavy atom. The summed E-state index contributed by atoms with van der Waals surface area (Å²) in [5.74, 6) is 0.820. The zero-order valence-electron chi connectivity index (χ0n) is 18.8. The molecule has 1 saturated heterocycles. The molecule has 1 aromatic rings. The van der Waals surface area contributed by atoms with E-state index in [1.54, 1.807) is 11.8 Å². The summed E-state index contributed by atoms with van der Waals surface area (Å²) in [6.45, 7) is 4.65. The molecule has 1 saturated carbocycles. The lowest BCUT2D eigenvalue weighted by Crippen LogP contribution is -2.41. The quantitative estimate of drug-likeness (QED) is 0.581. The van der Waals surface area contributed by atoms with Crippen molar-refractivity contribution < 1.29 is 17.9 Å². The van der Waals surface area contributed by atoms with E-state index in [4.69, 9.17) is 10.1 Å². The molecule has 9 heteroatoms. The van der Waals surface area contributed by atoms with Crippen molar-refractivity contribution >= 4 is 33.4 Å². The molecule has 0 bridgehead atoms. The van der Waals surface area contributed by atoms with Crippen molar-refractivity contribution in [1.29, 1.82) is 5.41 Å². The molecule has 0 radical (unpaired) electrons. The third kappa shape index (κ3) is 4.68. The average Bonchev–Trinajstić information content (AvgIpc) is 3.51. The summed E-state index contributed by atoms with van der Waals surface area (Å²) in [7, 11) is -3.19. The van der Waals surface area contributed by atoms with Gasteiger partial charge in [0.05, 0.1) is 11.4 Å². The van der Waals surface area contributed by atoms with Crippen molar-refractivity contribution in [2.24, 2.45) is 0 Å². The normalized spacial score (nSPS) is 23.0. The van der Waals surface area contributed by atoms with Crippen LogP contribution in [0.5, 0.6) is 5.75 Å². The van der Waals surface area contributed by atoms with Crippen LogP contribution in [0.4, 0.5) is 5.69 Å². The predicted molar refractivity (Wildman–Crippen MR) is 126 cm³/mol. The first-order valence-electron chi connectivity index (χ1n) is 11.3. The van der Waals surface area contributed by atoms with Crippen LogP contribution in [-0.4, -0.2) is 62.4 Å². The van der Waals surface area contributed by atoms with E-state index >= 15 is 0 Å². The van der Waals surface area contributed by atoms with Gasteiger partial charge in [-0.3, -0.25) is 4.79 Å². The Labute approximate surface area is 190 Å². The second-order valence-electron chi connectivity index (χ2n) is 8.82. The summed E-state index contributed by atoms with van der Waals surface area (Å²) in [6.07, 6.45) is 7.65. The number of allylic oxidation sites excluding steroid dienone is 1. The van der Waals surface area contributed by atoms with Gasteiger partial charge in [-0.15, -0.1) is 0 Å². The second kappa shape index (κ2) is 9.23. The fraction of sp³-hybridized carbons (Fsp3) is 0.565. The summed E-state index contributed by atoms with van der Waals surface area (Å²) in [5.41, 5.74) is 3.27. The number of nitrogens with one attached hydrogen (secondary N) is 2. The zero-order chi connectivity index (χ0) is 22.9. The van der Waals surface area contributed by atoms with Crippen molar-refractivity contribution in [1.82, 2.24) is 9.62 Å². The first kappa shape index (κ1) is 22.8. The molecule has 174 valence electrons. The van der Waals surface area contributed by atoms with Crippen molar-refractivity contribution in [2.45, 2.75) is 58.0 Å². The number of sulfonamides is 1. The Morgan fingerprint density at radius 1 is 1.31 bits per heavy atom. The molecule has 32 heavy (non-hydrogen) atoms. The van der Waals surface area contributed by atoms with Crippen molar-refractivity contribution in [2.75, 3.05) is 30.3 Å². The molecule has 2 heterocycles. The molecule has 3 aliphatic rings. The summed E-state index contributed by atoms with van der Waals surface area (Å²) >= 11 is 0. The minimum Gasteiger partial charge on any atom is -0.491 e. The van der Waals surface area contributed by atoms with Gasteiger partial charge in [-0.25, -0.2) is 8.42 Å². The van der Waals surface area contributed by atoms with Crippen LogP contribution in [0, 0.1) is 5.41 Å². The molecular formula is C23H32N4O4S. The van der Waals surface area contributed by atoms with Gasteiger partial charge in [0.25, 0.3) is 0 Å². The average molecular weight is 461 g/mol. The molecule has 0 spiro atoms. The van der Waals surface area contributed by atoms with Gasteiger partial charge in [0.15, 0.2) is 0 Å². The molecular weight excluding hydrogens is 428 g/mol. The fourth-order valence-corrected chi connectivity index (χ4v) is 6.04. The zero-order valence-corrected chi connectivity index (χ0v) is 19.6. The van der Waals surface area contributed by atoms with Gasteiger partial charge in [0, 0.05) is 61.2 Å². The van der Waals surface area contributed by atoms with E-state index in [1.807, 2.05) is 25.3 Å². The van der Waals surface area contributed by atoms with E-state index < -0.39 is 10.0 Å². The predicted octanol–water partition coefficient (Wildman–Crippen LogP) is 2.53. The highest BCUT2D eigenvalue weighted by Gasteiger charge is 2.31. The summed E-state index contributed by atoms with van der Waals surface area (Å²) in [5, 5.41) is 11.3. The second-order valence-corrected chi connectivity index (χ2v) is 10.9. The number of hydrogen-bond donors (Lipinski definition) is 2. The lowest BCUT2D eigenvalue weighted by molar-refractivity contribution is -0.117. The van der Waals surface area contributed by atoms with Crippen LogP contribution in [0.2, 0.25) is 0 Å². The Hall–Kier alpha value is -2.39. The minimum atomic E-state index is -3.19. The molecule has 1 amide bonds. The number of hydrogen-bond acceptors (Lipinski definition) is 6. The Bertz CT molecular complexity index is 1030. The molecule has 2 N–H and O–H groups in total. The number of fused-ring (bicyclic) bond motifs is 1. The maximum absolute atomic E-state index is 12.4. The first-order valence-corrected chi connectivity index (χ1v) is 13.0. The van der Waals surface area contributed by atoms with E-state index in [2.05, 4.69) is 5.32 Å². The van der Waals surface area contributed by atoms with Crippen molar-refractivity contribution in [3.8, 4) is 5.75 Å². The molecule has 8 nitrogen and oxygen atoms in total. The smallest absolute Gasteiger partial charge is 0.224 e. The Morgan fingerprint density at radius 3 is 2.72 bits per heavy atom. The van der Waals surface area contributed by atoms with Crippen LogP contribution in [0.1, 0.15) is 50.7 Å². The Balaban J connectivity index is 1.67. The van der Waals surface area contributed by atoms with E-state index in [1.165, 1.54) is 10.5 Å². The summed E-state index contributed by atoms with van der Waals surface area (Å²) in [4.78, 5) is 14.2. The molecule has 1 atom stereocenters. The number of rotatable bonds is 8. The van der Waals surface area contributed by atoms with Crippen LogP contribution in [0.25, 0.3) is 5.57 Å². The number of amides is 1. The third-order valence-corrected chi connectivity index (χ3v) is 8.35. The van der Waals surface area contributed by atoms with Gasteiger partial charge in [-0.1, -0.05) is 0 Å². The number of carbonyl (C=O) groups is 1. The van der Waals surface area contributed by atoms with Crippen LogP contribution in [-0.2, 0) is 21.2 Å². The maximum Gasteiger partial charge on any atom is 0.224 e. The molecule has 2 fully saturated rings. The van der Waals surface area contributed by atoms with E-state index in [0.717, 1.165) is 42.5 Å². The molecule has 0 aromatic heterocycles. The van der Waals surface area contributed by atoms with Crippen LogP contribution < -0.4 is 15.0 Å². The van der Waals surface area contributed by atoms with E-state index in [9.17, 15) is 13.2 Å². The van der Waals surface area contributed by atoms with Crippen molar-refractivity contribution in [3.63, 3.8) is 0 Å². The molecule has 1 aromatic carbocycles. The molecule has 4 rings (SSSR count). The highest BCUT2D eigenvalue weighted by atomic mass is 32.2. The molecule has 1 aliphatic carbocycles. The highest BCUT2D eigenvalue weighted by molar-refractivity contribution is 7.89. The number of benzene rings is 1. The third-order valence-electron chi connectivity index (χ3n) is 6.40. The molecule has 0 unspecified atom stereocenters. The van der Waals surface area contributed by atoms with Crippen LogP contribution in [0.15, 0.2) is 18.3 Å². The SMILES string of the molecule is CC(=O)N1c2ccc(/C(C=N)=C/NC3CC3)c(OCCN3CCCS3(=O)=O)c2CC[C@@H]1C. The lowest BCUT2D eigenvalue weighted by Gasteiger charge is -2.36. The van der Waals surface area contributed by atoms with Crippen LogP contribution in [0.3, 0.4) is 0 Å². The van der Waals surface area contributed by atoms with E-state index in [-0.39, 0.29) is 24.3 Å². The van der Waals surface area contributed by atoms with E-state index in [0.29, 0.717) is 36.9 Å². The van der Waals surface area contributed by atoms with Gasteiger partial charge in [-0.2, -0.15) is 4.31 Å². The van der Waals surface area contributed by atoms with Crippen LogP contribution >= 0.6 is 0 Å². The van der Waals surface area contributed by atoms with Gasteiger partial charge in [0.2, 0.25) is 15.9 Å². The Kier molecular flexibility index (Phi) is 6.57. The van der Waals surface area contributed by atoms with Gasteiger partial charge >= 0.3 is 0 Å². The first-order chi connectivity index (χ1) is 15.3. The summed E-state index contributed by atoms with van der Waals surface area (Å²) in [6, 6.07) is 4.40. The monoisotopic (exact) mass is 460 g/mol. The topological polar surface area (TPSA) is 103 Å². The number of nitrogens with zero attached hydrogens (tertiary/aromatic N) is 2. The standard InChI is InChI=1S/C23H32N4O4S/c1-16-4-7-21-22(27(16)17(2)28)9-8-20(18(14-24)15-25-19-5-6-19)23(21)31-12-11-26-10-3-13-32(26,29)30/h8-9,14-16,19,24-25H,3-7,10-13H2,1-2H3/b18-15+,24-14?/t16-/m0/s1. The number of anilines is 1. The van der Waals surface area contributed by atoms with Crippen molar-refractivity contribution in [3.05, 3.63) is 29.5 Å². The minimum absolute atomic E-state index is 0.0153. The lowest BCUT2D eigenvalue weighted by atomic mass is 9.92. The molecule has 2 aliphatic heterocycles. The maximum atomic E-state index is 12.4. The van der Waals surface area contributed by atoms with Gasteiger partial charge in [0.1, 0.15) is 12.4 Å². The number of carbonyl (C=O) groups excluding carboxylic acids is 1. The van der Waals surface area contributed by atoms with Gasteiger partial charge < -0.3 is 20.4 Å². The van der Waals surface area contributed by atoms with Gasteiger partial charge in [-0.05, 0) is 51.2 Å². The summed E-state index contributed by atoms with van der Waals surface area (Å²) < 4.78 is 32.0. The fourth-order valence-electron chi connectivity index (χ4n) is 4.52. The highest BCUT2D eigenvalue weighted by Crippen LogP contribution is 2.41. The largest absolute Gasteiger partial charge is 0.491 e.